The molecule has 0 spiro atoms. The fourth-order valence-corrected chi connectivity index (χ4v) is 5.31. The Bertz CT molecular complexity index is 1420. The standard InChI is InChI=1S/C28H25F8NO7S/c1-39-14-41-26(27(31,32)33,28(34,35)36)24-37-13-20(45-24)21(44-23(38)22(40-2)15-6-4-3-5-7-15)16-8-11-18(43-25(29)30)19(12-16)42-17-9-10-17/h3-8,11-13,17,21-22,25H,9-10,14H2,1-2H3/t21?,22-/m1/s1. The summed E-state index contributed by atoms with van der Waals surface area (Å²) in [6.45, 7) is -4.64. The maximum Gasteiger partial charge on any atom is 0.433 e. The predicted molar refractivity (Wildman–Crippen MR) is 140 cm³/mol. The van der Waals surface area contributed by atoms with Crippen LogP contribution in [0.25, 0.3) is 0 Å². The molecule has 4 rings (SSSR count). The first-order chi connectivity index (χ1) is 21.2. The Labute approximate surface area is 254 Å². The molecule has 0 bridgehead atoms. The second-order valence-corrected chi connectivity index (χ2v) is 10.6. The Morgan fingerprint density at radius 1 is 0.956 bits per heavy atom. The Morgan fingerprint density at radius 2 is 1.62 bits per heavy atom. The van der Waals surface area contributed by atoms with Crippen molar-refractivity contribution in [1.82, 2.24) is 4.98 Å². The molecule has 0 N–H and O–H groups in total. The number of alkyl halides is 8. The number of rotatable bonds is 14. The Hall–Kier alpha value is -3.54. The number of halogens is 8. The van der Waals surface area contributed by atoms with Crippen LogP contribution in [0.5, 0.6) is 11.5 Å². The van der Waals surface area contributed by atoms with Crippen molar-refractivity contribution in [2.24, 2.45) is 0 Å². The quantitative estimate of drug-likeness (QED) is 0.101. The van der Waals surface area contributed by atoms with Gasteiger partial charge in [-0.15, -0.1) is 11.3 Å². The number of carbonyl (C=O) groups excluding carboxylic acids is 1. The second-order valence-electron chi connectivity index (χ2n) is 9.54. The number of hydrogen-bond acceptors (Lipinski definition) is 9. The van der Waals surface area contributed by atoms with Crippen LogP contribution in [-0.2, 0) is 29.3 Å². The summed E-state index contributed by atoms with van der Waals surface area (Å²) in [5, 5.41) is -1.57. The topological polar surface area (TPSA) is 85.3 Å². The van der Waals surface area contributed by atoms with Gasteiger partial charge in [-0.25, -0.2) is 9.78 Å². The van der Waals surface area contributed by atoms with Gasteiger partial charge in [-0.3, -0.25) is 0 Å². The number of esters is 1. The third-order valence-corrected chi connectivity index (χ3v) is 7.51. The number of hydrogen-bond donors (Lipinski definition) is 0. The Kier molecular flexibility index (Phi) is 10.6. The van der Waals surface area contributed by atoms with Gasteiger partial charge >= 0.3 is 30.5 Å². The summed E-state index contributed by atoms with van der Waals surface area (Å²) in [5.74, 6) is -1.68. The van der Waals surface area contributed by atoms with Gasteiger partial charge in [-0.05, 0) is 30.5 Å². The first kappa shape index (κ1) is 34.3. The van der Waals surface area contributed by atoms with E-state index in [-0.39, 0.29) is 28.8 Å². The molecule has 17 heteroatoms. The average Bonchev–Trinajstić information content (AvgIpc) is 3.65. The molecule has 0 aliphatic heterocycles. The number of methoxy groups -OCH3 is 2. The van der Waals surface area contributed by atoms with Gasteiger partial charge in [0.2, 0.25) is 0 Å². The number of thiazole rings is 1. The van der Waals surface area contributed by atoms with Gasteiger partial charge in [-0.1, -0.05) is 36.4 Å². The van der Waals surface area contributed by atoms with Crippen LogP contribution in [-0.4, -0.2) is 57.0 Å². The van der Waals surface area contributed by atoms with E-state index in [1.54, 1.807) is 18.2 Å². The van der Waals surface area contributed by atoms with E-state index in [2.05, 4.69) is 19.2 Å². The first-order valence-corrected chi connectivity index (χ1v) is 13.8. The lowest BCUT2D eigenvalue weighted by molar-refractivity contribution is -0.400. The van der Waals surface area contributed by atoms with Crippen LogP contribution in [0.3, 0.4) is 0 Å². The summed E-state index contributed by atoms with van der Waals surface area (Å²) in [4.78, 5) is 16.4. The highest BCUT2D eigenvalue weighted by molar-refractivity contribution is 7.11. The smallest absolute Gasteiger partial charge is 0.433 e. The summed E-state index contributed by atoms with van der Waals surface area (Å²) in [7, 11) is 2.02. The summed E-state index contributed by atoms with van der Waals surface area (Å²) < 4.78 is 141. The highest BCUT2D eigenvalue weighted by atomic mass is 32.1. The number of nitrogens with zero attached hydrogens (tertiary/aromatic N) is 1. The maximum atomic E-state index is 14.2. The Balaban J connectivity index is 1.83. The molecule has 1 fully saturated rings. The minimum absolute atomic E-state index is 0.0684. The molecule has 0 amide bonds. The van der Waals surface area contributed by atoms with E-state index in [0.717, 1.165) is 25.3 Å². The highest BCUT2D eigenvalue weighted by Crippen LogP contribution is 2.54. The van der Waals surface area contributed by atoms with Gasteiger partial charge in [-0.2, -0.15) is 35.1 Å². The van der Waals surface area contributed by atoms with Crippen molar-refractivity contribution >= 4 is 17.3 Å². The third-order valence-electron chi connectivity index (χ3n) is 6.37. The van der Waals surface area contributed by atoms with Crippen molar-refractivity contribution in [3.8, 4) is 11.5 Å². The van der Waals surface area contributed by atoms with Crippen molar-refractivity contribution in [3.63, 3.8) is 0 Å². The van der Waals surface area contributed by atoms with Crippen LogP contribution in [0.4, 0.5) is 35.1 Å². The van der Waals surface area contributed by atoms with Crippen molar-refractivity contribution in [1.29, 1.82) is 0 Å². The van der Waals surface area contributed by atoms with Crippen LogP contribution < -0.4 is 9.47 Å². The SMILES string of the molecule is COCOC(c1ncc(C(OC(=O)[C@H](OC)c2ccccc2)c2ccc(OC(F)F)c(OC3CC3)c2)s1)(C(F)(F)F)C(F)(F)F. The van der Waals surface area contributed by atoms with Gasteiger partial charge in [0.25, 0.3) is 0 Å². The molecule has 0 saturated heterocycles. The molecule has 1 saturated carbocycles. The molecule has 246 valence electrons. The lowest BCUT2D eigenvalue weighted by Gasteiger charge is -2.34. The predicted octanol–water partition coefficient (Wildman–Crippen LogP) is 7.25. The van der Waals surface area contributed by atoms with E-state index < -0.39 is 65.2 Å². The maximum absolute atomic E-state index is 14.2. The van der Waals surface area contributed by atoms with Crippen molar-refractivity contribution in [3.05, 3.63) is 75.7 Å². The van der Waals surface area contributed by atoms with Gasteiger partial charge in [0.15, 0.2) is 23.7 Å². The number of ether oxygens (including phenoxy) is 6. The van der Waals surface area contributed by atoms with E-state index in [9.17, 15) is 39.9 Å². The zero-order chi connectivity index (χ0) is 33.0. The van der Waals surface area contributed by atoms with Crippen LogP contribution in [0, 0.1) is 0 Å². The third kappa shape index (κ3) is 7.65. The molecule has 0 radical (unpaired) electrons. The van der Waals surface area contributed by atoms with Gasteiger partial charge < -0.3 is 28.4 Å². The van der Waals surface area contributed by atoms with Crippen LogP contribution in [0.2, 0.25) is 0 Å². The van der Waals surface area contributed by atoms with Crippen LogP contribution in [0.15, 0.2) is 54.7 Å². The van der Waals surface area contributed by atoms with E-state index in [1.807, 2.05) is 0 Å². The number of benzene rings is 2. The average molecular weight is 672 g/mol. The molecule has 1 aliphatic carbocycles. The first-order valence-electron chi connectivity index (χ1n) is 13.0. The van der Waals surface area contributed by atoms with Crippen molar-refractivity contribution in [2.45, 2.75) is 55.7 Å². The second kappa shape index (κ2) is 13.8. The lowest BCUT2D eigenvalue weighted by Crippen LogP contribution is -2.56. The Morgan fingerprint density at radius 3 is 2.18 bits per heavy atom. The summed E-state index contributed by atoms with van der Waals surface area (Å²) in [5.41, 5.74) is -4.64. The molecule has 2 atom stereocenters. The summed E-state index contributed by atoms with van der Waals surface area (Å²) in [6.07, 6.45) is -13.7. The number of carbonyl (C=O) groups is 1. The van der Waals surface area contributed by atoms with Crippen molar-refractivity contribution < 1.29 is 68.3 Å². The number of aromatic nitrogens is 1. The zero-order valence-corrected chi connectivity index (χ0v) is 24.2. The fraction of sp³-hybridized carbons (Fsp3) is 0.429. The zero-order valence-electron chi connectivity index (χ0n) is 23.4. The fourth-order valence-electron chi connectivity index (χ4n) is 4.15. The summed E-state index contributed by atoms with van der Waals surface area (Å²) >= 11 is -0.0907. The largest absolute Gasteiger partial charge is 0.487 e. The van der Waals surface area contributed by atoms with E-state index in [4.69, 9.17) is 14.2 Å². The molecular formula is C28H25F8NO7S. The summed E-state index contributed by atoms with van der Waals surface area (Å²) in [6, 6.07) is 11.2. The minimum Gasteiger partial charge on any atom is -0.487 e. The van der Waals surface area contributed by atoms with Gasteiger partial charge in [0.1, 0.15) is 11.8 Å². The molecular weight excluding hydrogens is 646 g/mol. The van der Waals surface area contributed by atoms with Crippen LogP contribution in [0.1, 0.15) is 46.1 Å². The van der Waals surface area contributed by atoms with Crippen LogP contribution >= 0.6 is 11.3 Å². The highest BCUT2D eigenvalue weighted by Gasteiger charge is 2.75. The van der Waals surface area contributed by atoms with E-state index >= 15 is 0 Å². The molecule has 1 heterocycles. The molecule has 45 heavy (non-hydrogen) atoms. The van der Waals surface area contributed by atoms with Crippen molar-refractivity contribution in [2.75, 3.05) is 21.0 Å². The normalized spacial score (nSPS) is 15.5. The molecule has 8 nitrogen and oxygen atoms in total. The molecule has 1 aliphatic rings. The molecule has 3 aromatic rings. The monoisotopic (exact) mass is 671 g/mol. The molecule has 2 aromatic carbocycles. The molecule has 1 aromatic heterocycles. The minimum atomic E-state index is -6.06. The van der Waals surface area contributed by atoms with E-state index in [0.29, 0.717) is 24.6 Å². The molecule has 1 unspecified atom stereocenters. The van der Waals surface area contributed by atoms with Gasteiger partial charge in [0.05, 0.1) is 11.0 Å². The van der Waals surface area contributed by atoms with E-state index in [1.165, 1.54) is 19.2 Å². The van der Waals surface area contributed by atoms with Gasteiger partial charge in [0, 0.05) is 26.0 Å². The lowest BCUT2D eigenvalue weighted by atomic mass is 10.0.